The normalized spacial score (nSPS) is 14.3. The fraction of sp³-hybridized carbons (Fsp3) is 0.238. The Kier molecular flexibility index (Phi) is 5.52. The van der Waals surface area contributed by atoms with E-state index in [1.54, 1.807) is 23.1 Å². The van der Waals surface area contributed by atoms with Gasteiger partial charge in [-0.1, -0.05) is 33.6 Å². The number of carbonyl (C=O) groups is 1. The van der Waals surface area contributed by atoms with Gasteiger partial charge in [-0.2, -0.15) is 0 Å². The molecule has 0 N–H and O–H groups in total. The Morgan fingerprint density at radius 2 is 1.90 bits per heavy atom. The number of anilines is 1. The van der Waals surface area contributed by atoms with Crippen molar-refractivity contribution in [3.05, 3.63) is 67.9 Å². The Hall–Kier alpha value is -2.51. The predicted octanol–water partition coefficient (Wildman–Crippen LogP) is 4.18. The van der Waals surface area contributed by atoms with E-state index < -0.39 is 5.63 Å². The maximum Gasteiger partial charge on any atom is 0.349 e. The molecule has 150 valence electrons. The molecule has 8 heteroatoms. The average molecular weight is 478 g/mol. The molecule has 1 aliphatic heterocycles. The molecule has 6 nitrogen and oxygen atoms in total. The molecule has 1 fully saturated rings. The lowest BCUT2D eigenvalue weighted by molar-refractivity contribution is 0.0742. The number of ether oxygens (including phenoxy) is 1. The summed E-state index contributed by atoms with van der Waals surface area (Å²) in [5, 5.41) is 1.30. The summed E-state index contributed by atoms with van der Waals surface area (Å²) in [6, 6.07) is 12.7. The highest BCUT2D eigenvalue weighted by Gasteiger charge is 2.25. The molecule has 0 aliphatic carbocycles. The fourth-order valence-electron chi connectivity index (χ4n) is 3.48. The summed E-state index contributed by atoms with van der Waals surface area (Å²) in [4.78, 5) is 29.3. The lowest BCUT2D eigenvalue weighted by Crippen LogP contribution is -2.49. The number of piperazine rings is 1. The molecule has 29 heavy (non-hydrogen) atoms. The predicted molar refractivity (Wildman–Crippen MR) is 116 cm³/mol. The van der Waals surface area contributed by atoms with E-state index in [-0.39, 0.29) is 11.5 Å². The highest BCUT2D eigenvalue weighted by atomic mass is 79.9. The van der Waals surface area contributed by atoms with E-state index >= 15 is 0 Å². The lowest BCUT2D eigenvalue weighted by Gasteiger charge is -2.36. The van der Waals surface area contributed by atoms with Gasteiger partial charge in [-0.25, -0.2) is 4.79 Å². The summed E-state index contributed by atoms with van der Waals surface area (Å²) in [7, 11) is 1.50. The van der Waals surface area contributed by atoms with Gasteiger partial charge >= 0.3 is 5.63 Å². The smallest absolute Gasteiger partial charge is 0.349 e. The van der Waals surface area contributed by atoms with Gasteiger partial charge in [0.2, 0.25) is 0 Å². The third kappa shape index (κ3) is 3.97. The van der Waals surface area contributed by atoms with Crippen LogP contribution in [0.25, 0.3) is 11.0 Å². The fourth-order valence-corrected chi connectivity index (χ4v) is 4.12. The summed E-state index contributed by atoms with van der Waals surface area (Å²) in [5.74, 6) is 0.103. The molecule has 0 bridgehead atoms. The minimum absolute atomic E-state index is 0.0221. The standard InChI is InChI=1S/C21H18BrClN2O4/c1-28-18-11-14(22)9-13-10-17(21(27)29-19(13)18)20(26)25-7-5-24(6-8-25)16-4-2-3-15(23)12-16/h2-4,9-12H,5-8H2,1H3. The number of hydrogen-bond donors (Lipinski definition) is 0. The number of methoxy groups -OCH3 is 1. The van der Waals surface area contributed by atoms with Crippen molar-refractivity contribution in [2.24, 2.45) is 0 Å². The summed E-state index contributed by atoms with van der Waals surface area (Å²) < 4.78 is 11.4. The second kappa shape index (κ2) is 8.08. The molecule has 0 spiro atoms. The topological polar surface area (TPSA) is 63.0 Å². The molecule has 0 unspecified atom stereocenters. The van der Waals surface area contributed by atoms with E-state index in [1.807, 2.05) is 24.3 Å². The Balaban J connectivity index is 1.56. The van der Waals surface area contributed by atoms with Crippen LogP contribution in [0.2, 0.25) is 5.02 Å². The molecule has 2 heterocycles. The number of carbonyl (C=O) groups excluding carboxylic acids is 1. The van der Waals surface area contributed by atoms with Gasteiger partial charge in [-0.15, -0.1) is 0 Å². The van der Waals surface area contributed by atoms with E-state index in [2.05, 4.69) is 20.8 Å². The zero-order valence-corrected chi connectivity index (χ0v) is 18.0. The first-order valence-corrected chi connectivity index (χ1v) is 10.2. The van der Waals surface area contributed by atoms with Gasteiger partial charge in [0.15, 0.2) is 11.3 Å². The number of fused-ring (bicyclic) bond motifs is 1. The lowest BCUT2D eigenvalue weighted by atomic mass is 10.1. The van der Waals surface area contributed by atoms with Crippen LogP contribution in [0.5, 0.6) is 5.75 Å². The molecule has 1 aromatic heterocycles. The van der Waals surface area contributed by atoms with Crippen LogP contribution in [-0.4, -0.2) is 44.1 Å². The van der Waals surface area contributed by atoms with E-state index in [9.17, 15) is 9.59 Å². The first-order chi connectivity index (χ1) is 14.0. The maximum atomic E-state index is 13.0. The minimum Gasteiger partial charge on any atom is -0.493 e. The van der Waals surface area contributed by atoms with Crippen molar-refractivity contribution in [3.8, 4) is 5.75 Å². The first kappa shape index (κ1) is 19.8. The zero-order chi connectivity index (χ0) is 20.5. The Labute approximate surface area is 180 Å². The van der Waals surface area contributed by atoms with E-state index in [4.69, 9.17) is 20.8 Å². The van der Waals surface area contributed by atoms with Crippen LogP contribution in [0.3, 0.4) is 0 Å². The molecule has 2 aromatic carbocycles. The maximum absolute atomic E-state index is 13.0. The largest absolute Gasteiger partial charge is 0.493 e. The second-order valence-electron chi connectivity index (χ2n) is 6.73. The van der Waals surface area contributed by atoms with Crippen molar-refractivity contribution >= 4 is 50.1 Å². The third-order valence-electron chi connectivity index (χ3n) is 4.95. The van der Waals surface area contributed by atoms with Gasteiger partial charge in [0, 0.05) is 46.7 Å². The number of rotatable bonds is 3. The number of halogens is 2. The number of benzene rings is 2. The first-order valence-electron chi connectivity index (χ1n) is 9.07. The quantitative estimate of drug-likeness (QED) is 0.530. The van der Waals surface area contributed by atoms with E-state index in [1.165, 1.54) is 7.11 Å². The van der Waals surface area contributed by atoms with E-state index in [0.717, 1.165) is 10.2 Å². The highest BCUT2D eigenvalue weighted by molar-refractivity contribution is 9.10. The SMILES string of the molecule is COc1cc(Br)cc2cc(C(=O)N3CCN(c4cccc(Cl)c4)CC3)c(=O)oc12. The molecule has 4 rings (SSSR count). The van der Waals surface area contributed by atoms with Crippen LogP contribution in [0.4, 0.5) is 5.69 Å². The molecule has 0 radical (unpaired) electrons. The summed E-state index contributed by atoms with van der Waals surface area (Å²) in [6.07, 6.45) is 0. The number of amides is 1. The Bertz CT molecular complexity index is 1140. The van der Waals surface area contributed by atoms with Crippen LogP contribution in [0.15, 0.2) is 56.1 Å². The molecule has 1 aliphatic rings. The molecule has 1 saturated heterocycles. The van der Waals surface area contributed by atoms with Crippen molar-refractivity contribution in [1.29, 1.82) is 0 Å². The monoisotopic (exact) mass is 476 g/mol. The highest BCUT2D eigenvalue weighted by Crippen LogP contribution is 2.30. The third-order valence-corrected chi connectivity index (χ3v) is 5.65. The van der Waals surface area contributed by atoms with Crippen molar-refractivity contribution in [1.82, 2.24) is 4.90 Å². The molecule has 0 saturated carbocycles. The molecule has 0 atom stereocenters. The van der Waals surface area contributed by atoms with Gasteiger partial charge in [-0.3, -0.25) is 4.79 Å². The van der Waals surface area contributed by atoms with Gasteiger partial charge in [0.25, 0.3) is 5.91 Å². The van der Waals surface area contributed by atoms with Crippen LogP contribution in [0, 0.1) is 0 Å². The van der Waals surface area contributed by atoms with Gasteiger partial charge in [-0.05, 0) is 36.4 Å². The van der Waals surface area contributed by atoms with Gasteiger partial charge in [0.1, 0.15) is 5.56 Å². The van der Waals surface area contributed by atoms with Crippen molar-refractivity contribution in [2.45, 2.75) is 0 Å². The molecular weight excluding hydrogens is 460 g/mol. The summed E-state index contributed by atoms with van der Waals surface area (Å²) in [5.41, 5.74) is 0.698. The van der Waals surface area contributed by atoms with Crippen LogP contribution < -0.4 is 15.3 Å². The minimum atomic E-state index is -0.666. The summed E-state index contributed by atoms with van der Waals surface area (Å²) in [6.45, 7) is 2.32. The van der Waals surface area contributed by atoms with Crippen molar-refractivity contribution in [2.75, 3.05) is 38.2 Å². The molecular formula is C21H18BrClN2O4. The van der Waals surface area contributed by atoms with Gasteiger partial charge < -0.3 is 19.0 Å². The molecule has 3 aromatic rings. The Morgan fingerprint density at radius 1 is 1.14 bits per heavy atom. The van der Waals surface area contributed by atoms with Crippen molar-refractivity contribution in [3.63, 3.8) is 0 Å². The second-order valence-corrected chi connectivity index (χ2v) is 8.09. The number of nitrogens with zero attached hydrogens (tertiary/aromatic N) is 2. The van der Waals surface area contributed by atoms with E-state index in [0.29, 0.717) is 47.9 Å². The van der Waals surface area contributed by atoms with Crippen LogP contribution in [0.1, 0.15) is 10.4 Å². The Morgan fingerprint density at radius 3 is 2.59 bits per heavy atom. The number of hydrogen-bond acceptors (Lipinski definition) is 5. The van der Waals surface area contributed by atoms with Gasteiger partial charge in [0.05, 0.1) is 7.11 Å². The van der Waals surface area contributed by atoms with Crippen molar-refractivity contribution < 1.29 is 13.9 Å². The van der Waals surface area contributed by atoms with Crippen LogP contribution in [-0.2, 0) is 0 Å². The zero-order valence-electron chi connectivity index (χ0n) is 15.7. The van der Waals surface area contributed by atoms with Crippen LogP contribution >= 0.6 is 27.5 Å². The molecule has 1 amide bonds. The average Bonchev–Trinajstić information content (AvgIpc) is 2.72. The summed E-state index contributed by atoms with van der Waals surface area (Å²) >= 11 is 9.48.